The largest absolute Gasteiger partial charge is 0.350 e. The van der Waals surface area contributed by atoms with Gasteiger partial charge >= 0.3 is 5.69 Å². The molecule has 12 nitrogen and oxygen atoms in total. The van der Waals surface area contributed by atoms with Crippen molar-refractivity contribution in [2.75, 3.05) is 0 Å². The summed E-state index contributed by atoms with van der Waals surface area (Å²) in [7, 11) is 5.47. The Bertz CT molecular complexity index is 2200. The number of nitrogens with one attached hydrogen (secondary N) is 1. The van der Waals surface area contributed by atoms with Gasteiger partial charge in [0.2, 0.25) is 5.91 Å². The number of hydrogen-bond donors (Lipinski definition) is 1. The molecule has 0 bridgehead atoms. The van der Waals surface area contributed by atoms with Crippen molar-refractivity contribution in [1.29, 1.82) is 0 Å². The van der Waals surface area contributed by atoms with Gasteiger partial charge < -0.3 is 9.88 Å². The molecule has 0 aliphatic carbocycles. The van der Waals surface area contributed by atoms with Crippen molar-refractivity contribution in [2.45, 2.75) is 13.1 Å². The fourth-order valence-electron chi connectivity index (χ4n) is 5.39. The van der Waals surface area contributed by atoms with E-state index in [1.54, 1.807) is 42.0 Å². The van der Waals surface area contributed by atoms with Crippen LogP contribution in [-0.4, -0.2) is 49.1 Å². The fourth-order valence-corrected chi connectivity index (χ4v) is 5.39. The molecule has 0 unspecified atom stereocenters. The maximum absolute atomic E-state index is 12.6. The van der Waals surface area contributed by atoms with E-state index in [2.05, 4.69) is 25.2 Å². The number of aromatic nitrogens is 9. The van der Waals surface area contributed by atoms with Crippen molar-refractivity contribution in [3.8, 4) is 28.5 Å². The third-order valence-corrected chi connectivity index (χ3v) is 7.69. The van der Waals surface area contributed by atoms with E-state index < -0.39 is 0 Å². The second-order valence-corrected chi connectivity index (χ2v) is 10.5. The molecular formula is C31H28N10O2. The number of carbonyl (C=O) groups is 1. The Labute approximate surface area is 245 Å². The highest BCUT2D eigenvalue weighted by Gasteiger charge is 2.19. The van der Waals surface area contributed by atoms with Crippen molar-refractivity contribution >= 4 is 28.0 Å². The van der Waals surface area contributed by atoms with Gasteiger partial charge in [-0.15, -0.1) is 5.10 Å². The van der Waals surface area contributed by atoms with Crippen LogP contribution in [0.3, 0.4) is 0 Å². The summed E-state index contributed by atoms with van der Waals surface area (Å²) in [5.74, 6) is 0.564. The lowest BCUT2D eigenvalue weighted by atomic mass is 10.1. The Morgan fingerprint density at radius 2 is 1.70 bits per heavy atom. The minimum Gasteiger partial charge on any atom is -0.350 e. The molecule has 0 aliphatic rings. The number of carbonyl (C=O) groups excluding carboxylic acids is 1. The van der Waals surface area contributed by atoms with Gasteiger partial charge in [0.25, 0.3) is 0 Å². The van der Waals surface area contributed by atoms with Gasteiger partial charge in [0, 0.05) is 38.9 Å². The van der Waals surface area contributed by atoms with Gasteiger partial charge in [0.1, 0.15) is 17.9 Å². The topological polar surface area (TPSA) is 122 Å². The molecule has 1 N–H and O–H groups in total. The molecule has 4 heterocycles. The van der Waals surface area contributed by atoms with Crippen LogP contribution in [0.1, 0.15) is 5.56 Å². The fraction of sp³-hybridized carbons (Fsp3) is 0.161. The van der Waals surface area contributed by atoms with Gasteiger partial charge in [0.05, 0.1) is 40.8 Å². The van der Waals surface area contributed by atoms with E-state index in [1.807, 2.05) is 78.3 Å². The molecule has 0 saturated carbocycles. The highest BCUT2D eigenvalue weighted by molar-refractivity contribution is 5.88. The van der Waals surface area contributed by atoms with Crippen LogP contribution in [0.25, 0.3) is 50.5 Å². The first-order chi connectivity index (χ1) is 20.9. The predicted octanol–water partition coefficient (Wildman–Crippen LogP) is 3.19. The monoisotopic (exact) mass is 572 g/mol. The van der Waals surface area contributed by atoms with Crippen LogP contribution in [0.5, 0.6) is 0 Å². The summed E-state index contributed by atoms with van der Waals surface area (Å²) in [5, 5.41) is 11.4. The zero-order valence-corrected chi connectivity index (χ0v) is 23.8. The summed E-state index contributed by atoms with van der Waals surface area (Å²) in [5.41, 5.74) is 7.42. The number of aryl methyl sites for hydroxylation is 3. The smallest absolute Gasteiger partial charge is 0.328 e. The Kier molecular flexibility index (Phi) is 6.23. The zero-order valence-electron chi connectivity index (χ0n) is 23.8. The van der Waals surface area contributed by atoms with Gasteiger partial charge in [-0.3, -0.25) is 18.5 Å². The molecule has 0 radical (unpaired) electrons. The van der Waals surface area contributed by atoms with Gasteiger partial charge in [-0.05, 0) is 35.9 Å². The van der Waals surface area contributed by atoms with E-state index in [0.29, 0.717) is 18.1 Å². The molecule has 7 aromatic rings. The first-order valence-corrected chi connectivity index (χ1v) is 13.7. The Morgan fingerprint density at radius 3 is 2.49 bits per heavy atom. The highest BCUT2D eigenvalue weighted by Crippen LogP contribution is 2.32. The maximum Gasteiger partial charge on any atom is 0.328 e. The van der Waals surface area contributed by atoms with Crippen molar-refractivity contribution in [1.82, 2.24) is 48.5 Å². The van der Waals surface area contributed by atoms with Crippen LogP contribution < -0.4 is 11.0 Å². The summed E-state index contributed by atoms with van der Waals surface area (Å²) in [4.78, 5) is 34.4. The summed E-state index contributed by atoms with van der Waals surface area (Å²) in [6.07, 6.45) is 5.28. The number of amides is 1. The molecule has 1 amide bonds. The lowest BCUT2D eigenvalue weighted by molar-refractivity contribution is -0.122. The predicted molar refractivity (Wildman–Crippen MR) is 162 cm³/mol. The van der Waals surface area contributed by atoms with E-state index in [4.69, 9.17) is 4.98 Å². The van der Waals surface area contributed by atoms with Gasteiger partial charge in [-0.2, -0.15) is 0 Å². The molecular weight excluding hydrogens is 544 g/mol. The second kappa shape index (κ2) is 10.2. The van der Waals surface area contributed by atoms with E-state index in [9.17, 15) is 9.59 Å². The zero-order chi connectivity index (χ0) is 29.7. The van der Waals surface area contributed by atoms with Crippen LogP contribution in [0.4, 0.5) is 0 Å². The van der Waals surface area contributed by atoms with Crippen LogP contribution >= 0.6 is 0 Å². The van der Waals surface area contributed by atoms with E-state index >= 15 is 0 Å². The molecule has 43 heavy (non-hydrogen) atoms. The normalized spacial score (nSPS) is 11.5. The Balaban J connectivity index is 1.24. The quantitative estimate of drug-likeness (QED) is 0.313. The van der Waals surface area contributed by atoms with Crippen molar-refractivity contribution in [3.63, 3.8) is 0 Å². The summed E-state index contributed by atoms with van der Waals surface area (Å²) >= 11 is 0. The van der Waals surface area contributed by atoms with E-state index in [0.717, 1.165) is 44.6 Å². The van der Waals surface area contributed by atoms with Crippen LogP contribution in [0.15, 0.2) is 90.2 Å². The van der Waals surface area contributed by atoms with Crippen molar-refractivity contribution < 1.29 is 4.79 Å². The molecule has 0 fully saturated rings. The van der Waals surface area contributed by atoms with E-state index in [-0.39, 0.29) is 18.1 Å². The highest BCUT2D eigenvalue weighted by atomic mass is 16.2. The van der Waals surface area contributed by atoms with Crippen molar-refractivity contribution in [3.05, 3.63) is 101 Å². The molecule has 214 valence electrons. The molecule has 0 aliphatic heterocycles. The number of imidazole rings is 3. The minimum atomic E-state index is -0.150. The molecule has 0 spiro atoms. The van der Waals surface area contributed by atoms with Crippen molar-refractivity contribution in [2.24, 2.45) is 21.1 Å². The molecule has 12 heteroatoms. The van der Waals surface area contributed by atoms with E-state index in [1.165, 1.54) is 4.68 Å². The Morgan fingerprint density at radius 1 is 0.907 bits per heavy atom. The Hall–Kier alpha value is -5.78. The van der Waals surface area contributed by atoms with Gasteiger partial charge in [-0.1, -0.05) is 41.6 Å². The molecule has 7 rings (SSSR count). The minimum absolute atomic E-state index is 0.0613. The summed E-state index contributed by atoms with van der Waals surface area (Å²) in [6, 6.07) is 21.6. The summed E-state index contributed by atoms with van der Waals surface area (Å²) < 4.78 is 8.80. The SMILES string of the molecule is Cn1cncc1-c1nc2cc(-c3cn(CC(=O)NCc4ccccc4)nn3)ccc2n1-c1ccc2c(c1)n(C)c(=O)n2C. The third-order valence-electron chi connectivity index (χ3n) is 7.69. The maximum atomic E-state index is 12.6. The molecule has 3 aromatic carbocycles. The van der Waals surface area contributed by atoms with Crippen LogP contribution in [0.2, 0.25) is 0 Å². The van der Waals surface area contributed by atoms with Crippen LogP contribution in [-0.2, 0) is 39.0 Å². The summed E-state index contributed by atoms with van der Waals surface area (Å²) in [6.45, 7) is 0.513. The average Bonchev–Trinajstić information content (AvgIpc) is 3.80. The standard InChI is InChI=1S/C31H28N10O2/c1-37-19-32-16-28(37)30-34-23-13-21(24-17-40(36-35-24)18-29(42)33-15-20-7-5-4-6-8-20)9-11-25(23)41(30)22-10-12-26-27(14-22)39(3)31(43)38(26)2/h4-14,16-17,19H,15,18H2,1-3H3,(H,33,42). The number of nitrogens with zero attached hydrogens (tertiary/aromatic N) is 9. The first kappa shape index (κ1) is 26.1. The molecule has 4 aromatic heterocycles. The number of fused-ring (bicyclic) bond motifs is 2. The second-order valence-electron chi connectivity index (χ2n) is 10.5. The first-order valence-electron chi connectivity index (χ1n) is 13.7. The lowest BCUT2D eigenvalue weighted by Gasteiger charge is -2.10. The van der Waals surface area contributed by atoms with Gasteiger partial charge in [-0.25, -0.2) is 19.4 Å². The van der Waals surface area contributed by atoms with Gasteiger partial charge in [0.15, 0.2) is 5.82 Å². The molecule has 0 atom stereocenters. The number of rotatable bonds is 7. The third kappa shape index (κ3) is 4.58. The lowest BCUT2D eigenvalue weighted by Crippen LogP contribution is -2.27. The number of benzene rings is 3. The van der Waals surface area contributed by atoms with Crippen LogP contribution in [0, 0.1) is 0 Å². The average molecular weight is 573 g/mol. The number of hydrogen-bond acceptors (Lipinski definition) is 6. The molecule has 0 saturated heterocycles.